The van der Waals surface area contributed by atoms with Crippen LogP contribution in [0.25, 0.3) is 0 Å². The van der Waals surface area contributed by atoms with Gasteiger partial charge in [0, 0.05) is 11.8 Å². The summed E-state index contributed by atoms with van der Waals surface area (Å²) in [7, 11) is 0. The summed E-state index contributed by atoms with van der Waals surface area (Å²) in [5.74, 6) is -1.35. The Bertz CT molecular complexity index is 679. The summed E-state index contributed by atoms with van der Waals surface area (Å²) in [6, 6.07) is 7.23. The summed E-state index contributed by atoms with van der Waals surface area (Å²) in [5, 5.41) is 11.8. The lowest BCUT2D eigenvalue weighted by Crippen LogP contribution is -2.04. The molecular formula is C14H12ClFN2O3. The number of nitrogens with zero attached hydrogens (tertiary/aromatic N) is 1. The first-order valence-corrected chi connectivity index (χ1v) is 6.48. The van der Waals surface area contributed by atoms with Crippen molar-refractivity contribution in [2.24, 2.45) is 0 Å². The lowest BCUT2D eigenvalue weighted by molar-refractivity contribution is 0.0691. The SMILES string of the molecule is CCOc1ccc(Nc2ccc(Cl)c(C(=O)O)n2)cc1F. The van der Waals surface area contributed by atoms with Crippen LogP contribution in [-0.4, -0.2) is 22.7 Å². The summed E-state index contributed by atoms with van der Waals surface area (Å²) >= 11 is 5.73. The lowest BCUT2D eigenvalue weighted by Gasteiger charge is -2.09. The molecule has 1 heterocycles. The summed E-state index contributed by atoms with van der Waals surface area (Å²) in [4.78, 5) is 14.8. The molecule has 110 valence electrons. The van der Waals surface area contributed by atoms with Crippen molar-refractivity contribution in [3.05, 3.63) is 46.9 Å². The fourth-order valence-corrected chi connectivity index (χ4v) is 1.85. The van der Waals surface area contributed by atoms with Crippen LogP contribution in [0, 0.1) is 5.82 Å². The monoisotopic (exact) mass is 310 g/mol. The number of nitrogens with one attached hydrogen (secondary N) is 1. The Hall–Kier alpha value is -2.34. The van der Waals surface area contributed by atoms with Crippen LogP contribution in [0.4, 0.5) is 15.9 Å². The zero-order valence-corrected chi connectivity index (χ0v) is 11.8. The second-order valence-corrected chi connectivity index (χ2v) is 4.44. The van der Waals surface area contributed by atoms with Crippen LogP contribution < -0.4 is 10.1 Å². The number of carboxylic acids is 1. The fraction of sp³-hybridized carbons (Fsp3) is 0.143. The average molecular weight is 311 g/mol. The van der Waals surface area contributed by atoms with Gasteiger partial charge in [-0.3, -0.25) is 0 Å². The normalized spacial score (nSPS) is 10.2. The van der Waals surface area contributed by atoms with Gasteiger partial charge in [0.1, 0.15) is 5.82 Å². The smallest absolute Gasteiger partial charge is 0.356 e. The topological polar surface area (TPSA) is 71.5 Å². The van der Waals surface area contributed by atoms with Gasteiger partial charge in [0.2, 0.25) is 0 Å². The van der Waals surface area contributed by atoms with Crippen LogP contribution >= 0.6 is 11.6 Å². The fourth-order valence-electron chi connectivity index (χ4n) is 1.66. The molecule has 0 atom stereocenters. The van der Waals surface area contributed by atoms with Gasteiger partial charge in [-0.2, -0.15) is 0 Å². The Morgan fingerprint density at radius 1 is 1.43 bits per heavy atom. The third-order valence-electron chi connectivity index (χ3n) is 2.55. The second-order valence-electron chi connectivity index (χ2n) is 4.04. The van der Waals surface area contributed by atoms with Crippen LogP contribution in [0.3, 0.4) is 0 Å². The molecule has 0 saturated carbocycles. The van der Waals surface area contributed by atoms with E-state index in [0.717, 1.165) is 0 Å². The number of aromatic carboxylic acids is 1. The van der Waals surface area contributed by atoms with E-state index in [9.17, 15) is 9.18 Å². The first-order chi connectivity index (χ1) is 10.0. The number of halogens is 2. The van der Waals surface area contributed by atoms with E-state index in [1.54, 1.807) is 13.0 Å². The third kappa shape index (κ3) is 3.61. The van der Waals surface area contributed by atoms with Gasteiger partial charge in [0.15, 0.2) is 17.3 Å². The van der Waals surface area contributed by atoms with Crippen molar-refractivity contribution in [2.75, 3.05) is 11.9 Å². The number of benzene rings is 1. The Morgan fingerprint density at radius 3 is 2.81 bits per heavy atom. The van der Waals surface area contributed by atoms with Crippen molar-refractivity contribution in [1.29, 1.82) is 0 Å². The average Bonchev–Trinajstić information content (AvgIpc) is 2.44. The molecular weight excluding hydrogens is 299 g/mol. The van der Waals surface area contributed by atoms with Gasteiger partial charge >= 0.3 is 5.97 Å². The molecule has 0 bridgehead atoms. The maximum absolute atomic E-state index is 13.7. The number of hydrogen-bond donors (Lipinski definition) is 2. The van der Waals surface area contributed by atoms with Gasteiger partial charge in [0.25, 0.3) is 0 Å². The van der Waals surface area contributed by atoms with Crippen molar-refractivity contribution in [2.45, 2.75) is 6.92 Å². The van der Waals surface area contributed by atoms with Crippen LogP contribution in [-0.2, 0) is 0 Å². The number of rotatable bonds is 5. The van der Waals surface area contributed by atoms with E-state index >= 15 is 0 Å². The Balaban J connectivity index is 2.24. The minimum absolute atomic E-state index is 0.0333. The van der Waals surface area contributed by atoms with Crippen molar-refractivity contribution < 1.29 is 19.0 Å². The third-order valence-corrected chi connectivity index (χ3v) is 2.86. The number of pyridine rings is 1. The Morgan fingerprint density at radius 2 is 2.19 bits per heavy atom. The molecule has 2 rings (SSSR count). The first kappa shape index (κ1) is 15.1. The Labute approximate surface area is 125 Å². The maximum atomic E-state index is 13.7. The van der Waals surface area contributed by atoms with E-state index in [1.807, 2.05) is 0 Å². The highest BCUT2D eigenvalue weighted by atomic mass is 35.5. The van der Waals surface area contributed by atoms with Gasteiger partial charge in [-0.15, -0.1) is 0 Å². The molecule has 7 heteroatoms. The van der Waals surface area contributed by atoms with E-state index in [1.165, 1.54) is 24.3 Å². The number of anilines is 2. The van der Waals surface area contributed by atoms with E-state index in [4.69, 9.17) is 21.4 Å². The zero-order chi connectivity index (χ0) is 15.4. The van der Waals surface area contributed by atoms with Crippen molar-refractivity contribution in [1.82, 2.24) is 4.98 Å². The molecule has 2 aromatic rings. The summed E-state index contributed by atoms with van der Waals surface area (Å²) in [5.41, 5.74) is 0.148. The number of ether oxygens (including phenoxy) is 1. The van der Waals surface area contributed by atoms with Crippen LogP contribution in [0.2, 0.25) is 5.02 Å². The summed E-state index contributed by atoms with van der Waals surface area (Å²) < 4.78 is 18.8. The number of carbonyl (C=O) groups is 1. The van der Waals surface area contributed by atoms with Crippen LogP contribution in [0.1, 0.15) is 17.4 Å². The molecule has 0 fully saturated rings. The number of carboxylic acid groups (broad SMARTS) is 1. The predicted molar refractivity (Wildman–Crippen MR) is 77.1 cm³/mol. The quantitative estimate of drug-likeness (QED) is 0.880. The number of hydrogen-bond acceptors (Lipinski definition) is 4. The Kier molecular flexibility index (Phi) is 4.59. The predicted octanol–water partition coefficient (Wildman–Crippen LogP) is 3.71. The summed E-state index contributed by atoms with van der Waals surface area (Å²) in [6.45, 7) is 2.13. The molecule has 0 spiro atoms. The highest BCUT2D eigenvalue weighted by Crippen LogP contribution is 2.24. The lowest BCUT2D eigenvalue weighted by atomic mass is 10.2. The van der Waals surface area contributed by atoms with Crippen molar-refractivity contribution >= 4 is 29.1 Å². The van der Waals surface area contributed by atoms with Crippen LogP contribution in [0.15, 0.2) is 30.3 Å². The second kappa shape index (κ2) is 6.41. The molecule has 0 aliphatic carbocycles. The van der Waals surface area contributed by atoms with E-state index in [-0.39, 0.29) is 22.3 Å². The van der Waals surface area contributed by atoms with Gasteiger partial charge in [-0.1, -0.05) is 11.6 Å². The molecule has 21 heavy (non-hydrogen) atoms. The van der Waals surface area contributed by atoms with Crippen molar-refractivity contribution in [3.8, 4) is 5.75 Å². The minimum Gasteiger partial charge on any atom is -0.491 e. The largest absolute Gasteiger partial charge is 0.491 e. The van der Waals surface area contributed by atoms with E-state index < -0.39 is 11.8 Å². The van der Waals surface area contributed by atoms with Gasteiger partial charge in [-0.25, -0.2) is 14.2 Å². The molecule has 0 saturated heterocycles. The highest BCUT2D eigenvalue weighted by molar-refractivity contribution is 6.33. The molecule has 0 aliphatic heterocycles. The molecule has 0 radical (unpaired) electrons. The molecule has 2 N–H and O–H groups in total. The first-order valence-electron chi connectivity index (χ1n) is 6.10. The maximum Gasteiger partial charge on any atom is 0.356 e. The molecule has 0 amide bonds. The molecule has 1 aromatic carbocycles. The molecule has 0 unspecified atom stereocenters. The van der Waals surface area contributed by atoms with E-state index in [0.29, 0.717) is 12.3 Å². The number of aromatic nitrogens is 1. The van der Waals surface area contributed by atoms with Gasteiger partial charge < -0.3 is 15.2 Å². The molecule has 0 aliphatic rings. The zero-order valence-electron chi connectivity index (χ0n) is 11.1. The molecule has 5 nitrogen and oxygen atoms in total. The minimum atomic E-state index is -1.23. The van der Waals surface area contributed by atoms with Crippen LogP contribution in [0.5, 0.6) is 5.75 Å². The van der Waals surface area contributed by atoms with Gasteiger partial charge in [0.05, 0.1) is 11.6 Å². The summed E-state index contributed by atoms with van der Waals surface area (Å²) in [6.07, 6.45) is 0. The highest BCUT2D eigenvalue weighted by Gasteiger charge is 2.12. The molecule has 1 aromatic heterocycles. The van der Waals surface area contributed by atoms with E-state index in [2.05, 4.69) is 10.3 Å². The standard InChI is InChI=1S/C14H12ClFN2O3/c1-2-21-11-5-3-8(7-10(11)16)17-12-6-4-9(15)13(18-12)14(19)20/h3-7H,2H2,1H3,(H,17,18)(H,19,20). The van der Waals surface area contributed by atoms with Gasteiger partial charge in [-0.05, 0) is 31.2 Å². The van der Waals surface area contributed by atoms with Crippen molar-refractivity contribution in [3.63, 3.8) is 0 Å².